The molecule has 12 heavy (non-hydrogen) atoms. The Morgan fingerprint density at radius 3 is 2.50 bits per heavy atom. The van der Waals surface area contributed by atoms with Crippen molar-refractivity contribution in [1.82, 2.24) is 0 Å². The lowest BCUT2D eigenvalue weighted by Crippen LogP contribution is -2.26. The van der Waals surface area contributed by atoms with Crippen molar-refractivity contribution in [2.24, 2.45) is 5.92 Å². The molecule has 0 aromatic carbocycles. The molecule has 0 radical (unpaired) electrons. The van der Waals surface area contributed by atoms with Crippen LogP contribution in [0.1, 0.15) is 45.4 Å². The summed E-state index contributed by atoms with van der Waals surface area (Å²) >= 11 is 0. The maximum atomic E-state index is 9.64. The molecule has 0 saturated heterocycles. The van der Waals surface area contributed by atoms with E-state index in [9.17, 15) is 5.11 Å². The smallest absolute Gasteiger partial charge is 0.122 e. The van der Waals surface area contributed by atoms with Gasteiger partial charge in [-0.05, 0) is 19.3 Å². The van der Waals surface area contributed by atoms with Gasteiger partial charge in [-0.25, -0.2) is 0 Å². The summed E-state index contributed by atoms with van der Waals surface area (Å²) in [6, 6.07) is 0. The van der Waals surface area contributed by atoms with E-state index in [0.29, 0.717) is 5.92 Å². The molecule has 1 aliphatic carbocycles. The lowest BCUT2D eigenvalue weighted by molar-refractivity contribution is 0.0829. The van der Waals surface area contributed by atoms with Crippen LogP contribution in [0.15, 0.2) is 0 Å². The fourth-order valence-electron chi connectivity index (χ4n) is 2.01. The van der Waals surface area contributed by atoms with Gasteiger partial charge in [0, 0.05) is 0 Å². The first-order valence-electron chi connectivity index (χ1n) is 4.84. The highest BCUT2D eigenvalue weighted by molar-refractivity contribution is 5.05. The van der Waals surface area contributed by atoms with Gasteiger partial charge in [-0.15, -0.1) is 6.42 Å². The van der Waals surface area contributed by atoms with Gasteiger partial charge in [0.05, 0.1) is 0 Å². The number of rotatable bonds is 2. The van der Waals surface area contributed by atoms with Gasteiger partial charge in [-0.1, -0.05) is 38.0 Å². The molecule has 1 rings (SSSR count). The van der Waals surface area contributed by atoms with Crippen LogP contribution in [0.3, 0.4) is 0 Å². The van der Waals surface area contributed by atoms with Gasteiger partial charge in [0.2, 0.25) is 0 Å². The Kier molecular flexibility index (Phi) is 3.17. The minimum absolute atomic E-state index is 0.657. The Morgan fingerprint density at radius 1 is 1.42 bits per heavy atom. The Balaban J connectivity index is 2.35. The summed E-state index contributed by atoms with van der Waals surface area (Å²) in [5.74, 6) is 3.10. The van der Waals surface area contributed by atoms with Crippen molar-refractivity contribution in [3.05, 3.63) is 0 Å². The standard InChI is InChI=1S/C11H18O/c1-3-11(2,12)9-10-7-5-4-6-8-10/h1,10,12H,4-9H2,2H3/t11-/m1/s1. The fourth-order valence-corrected chi connectivity index (χ4v) is 2.01. The zero-order valence-electron chi connectivity index (χ0n) is 7.84. The highest BCUT2D eigenvalue weighted by Gasteiger charge is 2.23. The maximum Gasteiger partial charge on any atom is 0.122 e. The normalized spacial score (nSPS) is 24.4. The molecule has 0 amide bonds. The number of aliphatic hydroxyl groups is 1. The molecule has 1 fully saturated rings. The van der Waals surface area contributed by atoms with Crippen molar-refractivity contribution < 1.29 is 5.11 Å². The van der Waals surface area contributed by atoms with Crippen LogP contribution in [-0.2, 0) is 0 Å². The minimum atomic E-state index is -0.873. The number of hydrogen-bond donors (Lipinski definition) is 1. The SMILES string of the molecule is C#C[C@@](C)(O)CC1CCCCC1. The third-order valence-electron chi connectivity index (χ3n) is 2.72. The zero-order chi connectivity index (χ0) is 9.03. The van der Waals surface area contributed by atoms with E-state index in [-0.39, 0.29) is 0 Å². The van der Waals surface area contributed by atoms with Crippen molar-refractivity contribution in [2.75, 3.05) is 0 Å². The number of terminal acetylenes is 1. The quantitative estimate of drug-likeness (QED) is 0.624. The Bertz CT molecular complexity index is 170. The summed E-state index contributed by atoms with van der Waals surface area (Å²) in [6.45, 7) is 1.74. The summed E-state index contributed by atoms with van der Waals surface area (Å²) in [5, 5.41) is 9.64. The minimum Gasteiger partial charge on any atom is -0.378 e. The maximum absolute atomic E-state index is 9.64. The predicted molar refractivity (Wildman–Crippen MR) is 50.6 cm³/mol. The highest BCUT2D eigenvalue weighted by atomic mass is 16.3. The van der Waals surface area contributed by atoms with Gasteiger partial charge < -0.3 is 5.11 Å². The van der Waals surface area contributed by atoms with E-state index >= 15 is 0 Å². The summed E-state index contributed by atoms with van der Waals surface area (Å²) < 4.78 is 0. The summed E-state index contributed by atoms with van der Waals surface area (Å²) in [5.41, 5.74) is -0.873. The molecule has 68 valence electrons. The van der Waals surface area contributed by atoms with Gasteiger partial charge in [0.1, 0.15) is 5.60 Å². The van der Waals surface area contributed by atoms with E-state index in [1.54, 1.807) is 6.92 Å². The van der Waals surface area contributed by atoms with E-state index in [1.165, 1.54) is 32.1 Å². The van der Waals surface area contributed by atoms with Crippen LogP contribution in [0.2, 0.25) is 0 Å². The fraction of sp³-hybridized carbons (Fsp3) is 0.818. The Morgan fingerprint density at radius 2 is 2.00 bits per heavy atom. The van der Waals surface area contributed by atoms with Crippen molar-refractivity contribution in [3.8, 4) is 12.3 Å². The second-order valence-corrected chi connectivity index (χ2v) is 4.13. The van der Waals surface area contributed by atoms with Gasteiger partial charge in [0.15, 0.2) is 0 Å². The monoisotopic (exact) mass is 166 g/mol. The topological polar surface area (TPSA) is 20.2 Å². The predicted octanol–water partition coefficient (Wildman–Crippen LogP) is 2.34. The second kappa shape index (κ2) is 3.96. The number of hydrogen-bond acceptors (Lipinski definition) is 1. The van der Waals surface area contributed by atoms with Gasteiger partial charge >= 0.3 is 0 Å². The van der Waals surface area contributed by atoms with Crippen LogP contribution in [-0.4, -0.2) is 10.7 Å². The third-order valence-corrected chi connectivity index (χ3v) is 2.72. The van der Waals surface area contributed by atoms with Crippen LogP contribution < -0.4 is 0 Å². The molecule has 0 aromatic heterocycles. The molecule has 1 aliphatic rings. The molecule has 0 spiro atoms. The zero-order valence-corrected chi connectivity index (χ0v) is 7.84. The van der Waals surface area contributed by atoms with E-state index < -0.39 is 5.60 Å². The third kappa shape index (κ3) is 2.87. The van der Waals surface area contributed by atoms with Gasteiger partial charge in [-0.2, -0.15) is 0 Å². The van der Waals surface area contributed by atoms with Crippen molar-refractivity contribution in [2.45, 2.75) is 51.0 Å². The van der Waals surface area contributed by atoms with Crippen molar-refractivity contribution >= 4 is 0 Å². The van der Waals surface area contributed by atoms with E-state index in [1.807, 2.05) is 0 Å². The van der Waals surface area contributed by atoms with Gasteiger partial charge in [0.25, 0.3) is 0 Å². The van der Waals surface area contributed by atoms with Crippen LogP contribution in [0.4, 0.5) is 0 Å². The van der Waals surface area contributed by atoms with Crippen molar-refractivity contribution in [3.63, 3.8) is 0 Å². The van der Waals surface area contributed by atoms with Crippen molar-refractivity contribution in [1.29, 1.82) is 0 Å². The van der Waals surface area contributed by atoms with E-state index in [0.717, 1.165) is 6.42 Å². The molecule has 1 atom stereocenters. The first-order chi connectivity index (χ1) is 5.64. The molecule has 0 bridgehead atoms. The molecule has 0 aliphatic heterocycles. The van der Waals surface area contributed by atoms with Crippen LogP contribution >= 0.6 is 0 Å². The molecular formula is C11H18O. The van der Waals surface area contributed by atoms with Crippen LogP contribution in [0.5, 0.6) is 0 Å². The van der Waals surface area contributed by atoms with Crippen LogP contribution in [0.25, 0.3) is 0 Å². The lowest BCUT2D eigenvalue weighted by Gasteiger charge is -2.27. The molecule has 0 aromatic rings. The van der Waals surface area contributed by atoms with E-state index in [2.05, 4.69) is 5.92 Å². The molecule has 0 unspecified atom stereocenters. The first-order valence-corrected chi connectivity index (χ1v) is 4.84. The molecule has 1 N–H and O–H groups in total. The summed E-state index contributed by atoms with van der Waals surface area (Å²) in [4.78, 5) is 0. The summed E-state index contributed by atoms with van der Waals surface area (Å²) in [6.07, 6.45) is 12.5. The van der Waals surface area contributed by atoms with E-state index in [4.69, 9.17) is 6.42 Å². The Labute approximate surface area is 75.2 Å². The Hall–Kier alpha value is -0.480. The molecule has 1 nitrogen and oxygen atoms in total. The molecular weight excluding hydrogens is 148 g/mol. The molecule has 1 saturated carbocycles. The van der Waals surface area contributed by atoms with Crippen LogP contribution in [0, 0.1) is 18.3 Å². The molecule has 0 heterocycles. The van der Waals surface area contributed by atoms with Gasteiger partial charge in [-0.3, -0.25) is 0 Å². The lowest BCUT2D eigenvalue weighted by atomic mass is 9.82. The average molecular weight is 166 g/mol. The molecule has 1 heteroatoms. The average Bonchev–Trinajstić information content (AvgIpc) is 2.06. The highest BCUT2D eigenvalue weighted by Crippen LogP contribution is 2.30. The largest absolute Gasteiger partial charge is 0.378 e. The second-order valence-electron chi connectivity index (χ2n) is 4.13. The summed E-state index contributed by atoms with van der Waals surface area (Å²) in [7, 11) is 0. The first kappa shape index (κ1) is 9.61.